The zero-order valence-electron chi connectivity index (χ0n) is 38.2. The average molecular weight is 856 g/mol. The fraction of sp³-hybridized carbons (Fsp3) is 0.898. The molecule has 0 aromatic heterocycles. The van der Waals surface area contributed by atoms with Crippen LogP contribution in [-0.4, -0.2) is 110 Å². The van der Waals surface area contributed by atoms with Gasteiger partial charge in [0, 0.05) is 0 Å². The lowest BCUT2D eigenvalue weighted by atomic mass is 9.98. The standard InChI is InChI=1S/C49H93NO10/c1-3-5-7-8-9-10-11-12-13-14-15-16-17-18-19-20-21-22-23-24-25-26-27-28-29-30-31-32-33-35-37-42(53)48(58)50-40(44(54)41(52)36-34-6-4-2)39-59-49-47(57)46(56)45(55)43(38-51)60-49/h15-16,18-19,40-47,49,51-57H,3-14,17,20-39H2,1-2H3,(H,50,58)/b16-15-,19-18-. The number of nitrogens with one attached hydrogen (secondary N) is 1. The van der Waals surface area contributed by atoms with Crippen molar-refractivity contribution in [3.05, 3.63) is 24.3 Å². The molecule has 11 heteroatoms. The van der Waals surface area contributed by atoms with Crippen molar-refractivity contribution in [2.45, 2.75) is 268 Å². The first kappa shape index (κ1) is 56.6. The summed E-state index contributed by atoms with van der Waals surface area (Å²) in [5.41, 5.74) is 0. The highest BCUT2D eigenvalue weighted by molar-refractivity contribution is 5.80. The molecule has 1 saturated heterocycles. The summed E-state index contributed by atoms with van der Waals surface area (Å²) in [5, 5.41) is 74.7. The molecule has 1 aliphatic heterocycles. The number of aliphatic hydroxyl groups is 7. The van der Waals surface area contributed by atoms with Crippen LogP contribution < -0.4 is 5.32 Å². The van der Waals surface area contributed by atoms with Gasteiger partial charge in [0.1, 0.15) is 36.6 Å². The van der Waals surface area contributed by atoms with E-state index in [2.05, 4.69) is 36.5 Å². The van der Waals surface area contributed by atoms with Crippen molar-refractivity contribution >= 4 is 5.91 Å². The van der Waals surface area contributed by atoms with Crippen LogP contribution in [0.2, 0.25) is 0 Å². The third kappa shape index (κ3) is 28.3. The molecule has 9 atom stereocenters. The number of rotatable bonds is 41. The predicted molar refractivity (Wildman–Crippen MR) is 242 cm³/mol. The lowest BCUT2D eigenvalue weighted by Gasteiger charge is -2.40. The molecule has 1 amide bonds. The first-order valence-electron chi connectivity index (χ1n) is 24.7. The van der Waals surface area contributed by atoms with E-state index in [-0.39, 0.29) is 6.42 Å². The van der Waals surface area contributed by atoms with Crippen molar-refractivity contribution in [1.82, 2.24) is 5.32 Å². The molecule has 0 saturated carbocycles. The van der Waals surface area contributed by atoms with E-state index in [1.165, 1.54) is 135 Å². The Morgan fingerprint density at radius 1 is 0.583 bits per heavy atom. The second-order valence-electron chi connectivity index (χ2n) is 17.5. The molecular formula is C49H93NO10. The van der Waals surface area contributed by atoms with Gasteiger partial charge in [0.05, 0.1) is 25.4 Å². The Labute approximate surface area is 365 Å². The van der Waals surface area contributed by atoms with Crippen molar-refractivity contribution in [2.75, 3.05) is 13.2 Å². The Balaban J connectivity index is 2.10. The molecule has 1 fully saturated rings. The van der Waals surface area contributed by atoms with Crippen molar-refractivity contribution < 1.29 is 50.0 Å². The molecule has 8 N–H and O–H groups in total. The number of ether oxygens (including phenoxy) is 2. The fourth-order valence-corrected chi connectivity index (χ4v) is 7.88. The molecule has 1 heterocycles. The van der Waals surface area contributed by atoms with Gasteiger partial charge in [0.2, 0.25) is 5.91 Å². The van der Waals surface area contributed by atoms with Gasteiger partial charge in [-0.05, 0) is 44.9 Å². The van der Waals surface area contributed by atoms with Gasteiger partial charge in [-0.1, -0.05) is 192 Å². The second kappa shape index (κ2) is 39.2. The Kier molecular flexibility index (Phi) is 37.0. The SMILES string of the molecule is CCCCCCCCCCC/C=C\C/C=C\CCCCCCCCCCCCCCCCC(O)C(=O)NC(COC1OC(CO)C(O)C(O)C1O)C(O)C(O)CCCCC. The molecular weight excluding hydrogens is 763 g/mol. The monoisotopic (exact) mass is 856 g/mol. The molecule has 9 unspecified atom stereocenters. The second-order valence-corrected chi connectivity index (χ2v) is 17.5. The van der Waals surface area contributed by atoms with Gasteiger partial charge in [-0.2, -0.15) is 0 Å². The number of amides is 1. The number of hydrogen-bond donors (Lipinski definition) is 8. The molecule has 1 aliphatic rings. The van der Waals surface area contributed by atoms with Crippen LogP contribution >= 0.6 is 0 Å². The van der Waals surface area contributed by atoms with Crippen LogP contribution in [0.25, 0.3) is 0 Å². The van der Waals surface area contributed by atoms with E-state index in [4.69, 9.17) is 9.47 Å². The molecule has 0 radical (unpaired) electrons. The van der Waals surface area contributed by atoms with Crippen LogP contribution in [0.3, 0.4) is 0 Å². The molecule has 11 nitrogen and oxygen atoms in total. The maximum absolute atomic E-state index is 12.9. The van der Waals surface area contributed by atoms with E-state index in [0.717, 1.165) is 38.5 Å². The largest absolute Gasteiger partial charge is 0.394 e. The van der Waals surface area contributed by atoms with Crippen molar-refractivity contribution in [1.29, 1.82) is 0 Å². The zero-order chi connectivity index (χ0) is 44.1. The Bertz CT molecular complexity index is 1030. The summed E-state index contributed by atoms with van der Waals surface area (Å²) in [6.45, 7) is 3.24. The van der Waals surface area contributed by atoms with Crippen LogP contribution in [0, 0.1) is 0 Å². The predicted octanol–water partition coefficient (Wildman–Crippen LogP) is 8.62. The van der Waals surface area contributed by atoms with E-state index in [1.807, 2.05) is 6.92 Å². The van der Waals surface area contributed by atoms with Crippen molar-refractivity contribution in [2.24, 2.45) is 0 Å². The average Bonchev–Trinajstić information content (AvgIpc) is 3.25. The van der Waals surface area contributed by atoms with Gasteiger partial charge in [-0.25, -0.2) is 0 Å². The highest BCUT2D eigenvalue weighted by Crippen LogP contribution is 2.23. The molecule has 354 valence electrons. The fourth-order valence-electron chi connectivity index (χ4n) is 7.88. The normalized spacial score (nSPS) is 21.8. The first-order valence-corrected chi connectivity index (χ1v) is 24.7. The lowest BCUT2D eigenvalue weighted by molar-refractivity contribution is -0.303. The van der Waals surface area contributed by atoms with Crippen molar-refractivity contribution in [3.63, 3.8) is 0 Å². The van der Waals surface area contributed by atoms with Gasteiger partial charge in [0.25, 0.3) is 0 Å². The maximum atomic E-state index is 12.9. The summed E-state index contributed by atoms with van der Waals surface area (Å²) >= 11 is 0. The number of carbonyl (C=O) groups is 1. The highest BCUT2D eigenvalue weighted by Gasteiger charge is 2.44. The van der Waals surface area contributed by atoms with Crippen LogP contribution in [0.4, 0.5) is 0 Å². The van der Waals surface area contributed by atoms with E-state index in [0.29, 0.717) is 19.3 Å². The minimum atomic E-state index is -1.66. The smallest absolute Gasteiger partial charge is 0.249 e. The number of unbranched alkanes of at least 4 members (excludes halogenated alkanes) is 25. The molecule has 1 rings (SSSR count). The Morgan fingerprint density at radius 2 is 1.02 bits per heavy atom. The van der Waals surface area contributed by atoms with Crippen LogP contribution in [0.1, 0.15) is 213 Å². The Hall–Kier alpha value is -1.41. The summed E-state index contributed by atoms with van der Waals surface area (Å²) < 4.78 is 11.0. The topological polar surface area (TPSA) is 189 Å². The molecule has 0 spiro atoms. The number of aliphatic hydroxyl groups excluding tert-OH is 7. The van der Waals surface area contributed by atoms with Crippen molar-refractivity contribution in [3.8, 4) is 0 Å². The summed E-state index contributed by atoms with van der Waals surface area (Å²) in [6.07, 6.45) is 33.7. The molecule has 0 aromatic rings. The summed E-state index contributed by atoms with van der Waals surface area (Å²) in [5.74, 6) is -0.706. The molecule has 0 aromatic carbocycles. The van der Waals surface area contributed by atoms with Gasteiger partial charge < -0.3 is 50.5 Å². The summed E-state index contributed by atoms with van der Waals surface area (Å²) in [4.78, 5) is 12.9. The Morgan fingerprint density at radius 3 is 1.50 bits per heavy atom. The molecule has 60 heavy (non-hydrogen) atoms. The van der Waals surface area contributed by atoms with Crippen LogP contribution in [0.15, 0.2) is 24.3 Å². The third-order valence-corrected chi connectivity index (χ3v) is 12.0. The quantitative estimate of drug-likeness (QED) is 0.0218. The van der Waals surface area contributed by atoms with Gasteiger partial charge >= 0.3 is 0 Å². The summed E-state index contributed by atoms with van der Waals surface area (Å²) in [7, 11) is 0. The third-order valence-electron chi connectivity index (χ3n) is 12.0. The first-order chi connectivity index (χ1) is 29.2. The van der Waals surface area contributed by atoms with E-state index in [9.17, 15) is 40.5 Å². The molecule has 0 aliphatic carbocycles. The zero-order valence-corrected chi connectivity index (χ0v) is 38.2. The minimum Gasteiger partial charge on any atom is -0.394 e. The highest BCUT2D eigenvalue weighted by atomic mass is 16.7. The molecule has 0 bridgehead atoms. The van der Waals surface area contributed by atoms with Crippen LogP contribution in [-0.2, 0) is 14.3 Å². The van der Waals surface area contributed by atoms with E-state index >= 15 is 0 Å². The summed E-state index contributed by atoms with van der Waals surface area (Å²) in [6, 6.07) is -1.16. The van der Waals surface area contributed by atoms with Gasteiger partial charge in [-0.3, -0.25) is 4.79 Å². The minimum absolute atomic E-state index is 0.259. The maximum Gasteiger partial charge on any atom is 0.249 e. The van der Waals surface area contributed by atoms with E-state index < -0.39 is 74.2 Å². The number of hydrogen-bond acceptors (Lipinski definition) is 10. The van der Waals surface area contributed by atoms with Gasteiger partial charge in [-0.15, -0.1) is 0 Å². The number of carbonyl (C=O) groups excluding carboxylic acids is 1. The number of allylic oxidation sites excluding steroid dienone is 4. The van der Waals surface area contributed by atoms with Crippen LogP contribution in [0.5, 0.6) is 0 Å². The van der Waals surface area contributed by atoms with Gasteiger partial charge in [0.15, 0.2) is 6.29 Å². The lowest BCUT2D eigenvalue weighted by Crippen LogP contribution is -2.60. The van der Waals surface area contributed by atoms with E-state index in [1.54, 1.807) is 0 Å².